The van der Waals surface area contributed by atoms with Gasteiger partial charge in [-0.15, -0.1) is 0 Å². The molecule has 2 aliphatic heterocycles. The van der Waals surface area contributed by atoms with Crippen molar-refractivity contribution in [1.82, 2.24) is 14.9 Å². The fourth-order valence-corrected chi connectivity index (χ4v) is 6.92. The molecular formula is C32H44ClFN4O3. The fourth-order valence-electron chi connectivity index (χ4n) is 6.63. The van der Waals surface area contributed by atoms with Crippen molar-refractivity contribution in [1.29, 1.82) is 0 Å². The molecule has 7 nitrogen and oxygen atoms in total. The molecule has 2 aromatic rings. The lowest BCUT2D eigenvalue weighted by molar-refractivity contribution is -0.160. The average molecular weight is 587 g/mol. The van der Waals surface area contributed by atoms with Crippen LogP contribution in [0.2, 0.25) is 5.15 Å². The minimum atomic E-state index is -1.34. The van der Waals surface area contributed by atoms with Gasteiger partial charge >= 0.3 is 5.97 Å². The first-order valence-corrected chi connectivity index (χ1v) is 15.3. The number of likely N-dealkylation sites (tertiary alicyclic amines) is 1. The van der Waals surface area contributed by atoms with Crippen LogP contribution in [0.5, 0.6) is 0 Å². The molecule has 4 heterocycles. The molecule has 3 aliphatic rings. The molecule has 3 fully saturated rings. The molecular weight excluding hydrogens is 543 g/mol. The number of pyridine rings is 2. The quantitative estimate of drug-likeness (QED) is 0.342. The highest BCUT2D eigenvalue weighted by atomic mass is 35.5. The summed E-state index contributed by atoms with van der Waals surface area (Å²) < 4.78 is 20.8. The second-order valence-electron chi connectivity index (χ2n) is 14.1. The van der Waals surface area contributed by atoms with E-state index in [1.165, 1.54) is 44.4 Å². The van der Waals surface area contributed by atoms with Crippen molar-refractivity contribution in [3.05, 3.63) is 40.7 Å². The molecule has 0 aromatic carbocycles. The zero-order valence-electron chi connectivity index (χ0n) is 25.1. The number of hydrogen-bond acceptors (Lipinski definition) is 6. The predicted octanol–water partition coefficient (Wildman–Crippen LogP) is 7.27. The van der Waals surface area contributed by atoms with Crippen LogP contribution in [0.25, 0.3) is 11.1 Å². The number of rotatable bonds is 7. The Morgan fingerprint density at radius 2 is 1.76 bits per heavy atom. The Bertz CT molecular complexity index is 1270. The topological polar surface area (TPSA) is 78.8 Å². The van der Waals surface area contributed by atoms with Crippen LogP contribution in [-0.2, 0) is 16.1 Å². The molecule has 0 radical (unpaired) electrons. The number of aliphatic carboxylic acids is 1. The normalized spacial score (nSPS) is 21.5. The summed E-state index contributed by atoms with van der Waals surface area (Å²) in [6.45, 7) is 13.9. The summed E-state index contributed by atoms with van der Waals surface area (Å²) in [7, 11) is 0. The summed E-state index contributed by atoms with van der Waals surface area (Å²) in [5, 5.41) is 10.5. The van der Waals surface area contributed by atoms with Crippen LogP contribution in [0, 0.1) is 16.6 Å². The van der Waals surface area contributed by atoms with Gasteiger partial charge in [0, 0.05) is 37.0 Å². The van der Waals surface area contributed by atoms with E-state index in [0.717, 1.165) is 31.6 Å². The third-order valence-electron chi connectivity index (χ3n) is 9.32. The second kappa shape index (κ2) is 11.4. The third-order valence-corrected chi connectivity index (χ3v) is 9.61. The van der Waals surface area contributed by atoms with Gasteiger partial charge in [-0.2, -0.15) is 0 Å². The number of carboxylic acid groups (broad SMARTS) is 1. The van der Waals surface area contributed by atoms with Gasteiger partial charge < -0.3 is 14.7 Å². The van der Waals surface area contributed by atoms with Crippen molar-refractivity contribution < 1.29 is 19.0 Å². The largest absolute Gasteiger partial charge is 0.479 e. The molecule has 0 amide bonds. The van der Waals surface area contributed by atoms with Crippen LogP contribution in [0.15, 0.2) is 18.5 Å². The lowest BCUT2D eigenvalue weighted by Crippen LogP contribution is -2.43. The Balaban J connectivity index is 1.67. The number of nitrogens with zero attached hydrogens (tertiary/aromatic N) is 4. The summed E-state index contributed by atoms with van der Waals surface area (Å²) >= 11 is 6.97. The van der Waals surface area contributed by atoms with Crippen LogP contribution >= 0.6 is 11.6 Å². The zero-order valence-corrected chi connectivity index (χ0v) is 25.9. The van der Waals surface area contributed by atoms with E-state index >= 15 is 0 Å². The second-order valence-corrected chi connectivity index (χ2v) is 14.5. The monoisotopic (exact) mass is 586 g/mol. The van der Waals surface area contributed by atoms with E-state index in [0.29, 0.717) is 47.4 Å². The number of piperidine rings is 2. The number of anilines is 1. The maximum absolute atomic E-state index is 14.7. The van der Waals surface area contributed by atoms with E-state index in [1.54, 1.807) is 6.20 Å². The highest BCUT2D eigenvalue weighted by Gasteiger charge is 2.41. The summed E-state index contributed by atoms with van der Waals surface area (Å²) in [5.41, 5.74) is 2.90. The van der Waals surface area contributed by atoms with Crippen molar-refractivity contribution in [2.45, 2.75) is 97.8 Å². The standard InChI is InChI=1S/C32H44ClFN4O3/c1-30(2,3)41-27(29(39)40)25-26(38-15-9-31(4,5)10-16-38)24(21-17-22(34)19-35-18-21)23(36-28(25)33)20-37-13-11-32(12-14-37)7-6-8-32/h17-19,27H,6-16,20H2,1-5H3,(H,39,40)/t27-/m0/s1. The van der Waals surface area contributed by atoms with Crippen LogP contribution in [0.3, 0.4) is 0 Å². The Morgan fingerprint density at radius 3 is 2.29 bits per heavy atom. The number of hydrogen-bond donors (Lipinski definition) is 1. The Kier molecular flexibility index (Phi) is 8.40. The molecule has 2 saturated heterocycles. The fraction of sp³-hybridized carbons (Fsp3) is 0.656. The first kappa shape index (κ1) is 30.2. The van der Waals surface area contributed by atoms with Gasteiger partial charge in [-0.05, 0) is 89.3 Å². The van der Waals surface area contributed by atoms with Gasteiger partial charge in [0.15, 0.2) is 6.10 Å². The number of ether oxygens (including phenoxy) is 1. The average Bonchev–Trinajstić information content (AvgIpc) is 2.86. The van der Waals surface area contributed by atoms with E-state index in [9.17, 15) is 14.3 Å². The smallest absolute Gasteiger partial charge is 0.337 e. The molecule has 41 heavy (non-hydrogen) atoms. The van der Waals surface area contributed by atoms with Gasteiger partial charge in [0.05, 0.1) is 28.7 Å². The maximum Gasteiger partial charge on any atom is 0.337 e. The third kappa shape index (κ3) is 6.70. The SMILES string of the molecule is CC1(C)CCN(c2c(-c3cncc(F)c3)c(CN3CCC4(CCC4)CC3)nc(Cl)c2[C@H](OC(C)(C)C)C(=O)O)CC1. The van der Waals surface area contributed by atoms with Gasteiger partial charge in [-0.25, -0.2) is 14.2 Å². The molecule has 1 aliphatic carbocycles. The lowest BCUT2D eigenvalue weighted by atomic mass is 9.63. The van der Waals surface area contributed by atoms with Crippen molar-refractivity contribution in [2.24, 2.45) is 10.8 Å². The first-order chi connectivity index (χ1) is 19.3. The molecule has 1 atom stereocenters. The van der Waals surface area contributed by atoms with E-state index < -0.39 is 23.5 Å². The summed E-state index contributed by atoms with van der Waals surface area (Å²) in [4.78, 5) is 26.4. The molecule has 1 spiro atoms. The highest BCUT2D eigenvalue weighted by Crippen LogP contribution is 2.50. The molecule has 1 N–H and O–H groups in total. The van der Waals surface area contributed by atoms with Crippen molar-refractivity contribution in [2.75, 3.05) is 31.1 Å². The van der Waals surface area contributed by atoms with Crippen LogP contribution in [0.4, 0.5) is 10.1 Å². The van der Waals surface area contributed by atoms with E-state index in [1.807, 2.05) is 20.8 Å². The van der Waals surface area contributed by atoms with E-state index in [-0.39, 0.29) is 10.6 Å². The molecule has 0 bridgehead atoms. The minimum absolute atomic E-state index is 0.122. The number of aromatic nitrogens is 2. The Labute approximate surface area is 248 Å². The van der Waals surface area contributed by atoms with Crippen molar-refractivity contribution in [3.63, 3.8) is 0 Å². The van der Waals surface area contributed by atoms with E-state index in [4.69, 9.17) is 21.3 Å². The van der Waals surface area contributed by atoms with Gasteiger partial charge in [-0.3, -0.25) is 9.88 Å². The van der Waals surface area contributed by atoms with Crippen molar-refractivity contribution in [3.8, 4) is 11.1 Å². The highest BCUT2D eigenvalue weighted by molar-refractivity contribution is 6.31. The molecule has 0 unspecified atom stereocenters. The summed E-state index contributed by atoms with van der Waals surface area (Å²) in [6, 6.07) is 1.46. The Hall–Kier alpha value is -2.29. The van der Waals surface area contributed by atoms with Crippen LogP contribution in [0.1, 0.15) is 96.9 Å². The van der Waals surface area contributed by atoms with Crippen LogP contribution in [-0.4, -0.2) is 57.7 Å². The number of carboxylic acids is 1. The lowest BCUT2D eigenvalue weighted by Gasteiger charge is -2.48. The van der Waals surface area contributed by atoms with Crippen molar-refractivity contribution >= 4 is 23.3 Å². The predicted molar refractivity (Wildman–Crippen MR) is 160 cm³/mol. The van der Waals surface area contributed by atoms with Crippen LogP contribution < -0.4 is 4.90 Å². The van der Waals surface area contributed by atoms with Gasteiger partial charge in [0.25, 0.3) is 0 Å². The van der Waals surface area contributed by atoms with Gasteiger partial charge in [-0.1, -0.05) is 31.9 Å². The Morgan fingerprint density at radius 1 is 1.10 bits per heavy atom. The van der Waals surface area contributed by atoms with Gasteiger partial charge in [0.1, 0.15) is 11.0 Å². The van der Waals surface area contributed by atoms with E-state index in [2.05, 4.69) is 28.6 Å². The number of carbonyl (C=O) groups is 1. The summed E-state index contributed by atoms with van der Waals surface area (Å²) in [6.07, 6.45) is 9.63. The zero-order chi connectivity index (χ0) is 29.6. The van der Waals surface area contributed by atoms with Gasteiger partial charge in [0.2, 0.25) is 0 Å². The molecule has 224 valence electrons. The number of halogens is 2. The summed E-state index contributed by atoms with van der Waals surface area (Å²) in [5.74, 6) is -1.60. The molecule has 2 aromatic heterocycles. The first-order valence-electron chi connectivity index (χ1n) is 15.0. The molecule has 1 saturated carbocycles. The maximum atomic E-state index is 14.7. The molecule has 9 heteroatoms. The minimum Gasteiger partial charge on any atom is -0.479 e. The molecule has 5 rings (SSSR count).